The molecule has 0 atom stereocenters. The fourth-order valence-corrected chi connectivity index (χ4v) is 3.33. The van der Waals surface area contributed by atoms with Crippen LogP contribution in [0.15, 0.2) is 121 Å². The Morgan fingerprint density at radius 3 is 1.18 bits per heavy atom. The molecule has 4 aromatic rings. The van der Waals surface area contributed by atoms with Crippen LogP contribution in [0.1, 0.15) is 11.1 Å². The molecular weight excluding hydrogens is 420 g/mol. The topological polar surface area (TPSA) is 58.2 Å². The van der Waals surface area contributed by atoms with Crippen molar-refractivity contribution in [3.8, 4) is 11.1 Å². The van der Waals surface area contributed by atoms with Crippen molar-refractivity contribution in [2.75, 3.05) is 10.6 Å². The Morgan fingerprint density at radius 1 is 0.471 bits per heavy atom. The summed E-state index contributed by atoms with van der Waals surface area (Å²) in [6.45, 7) is 0. The maximum Gasteiger partial charge on any atom is 0.248 e. The highest BCUT2D eigenvalue weighted by molar-refractivity contribution is 6.02. The van der Waals surface area contributed by atoms with Gasteiger partial charge in [0.15, 0.2) is 0 Å². The number of carbonyl (C=O) groups excluding carboxylic acids is 2. The summed E-state index contributed by atoms with van der Waals surface area (Å²) < 4.78 is 0. The van der Waals surface area contributed by atoms with Crippen molar-refractivity contribution in [1.29, 1.82) is 0 Å². The molecule has 34 heavy (non-hydrogen) atoms. The lowest BCUT2D eigenvalue weighted by molar-refractivity contribution is -0.112. The lowest BCUT2D eigenvalue weighted by Gasteiger charge is -2.07. The number of hydrogen-bond donors (Lipinski definition) is 2. The van der Waals surface area contributed by atoms with Crippen molar-refractivity contribution in [2.45, 2.75) is 0 Å². The molecule has 0 aromatic heterocycles. The van der Waals surface area contributed by atoms with Gasteiger partial charge < -0.3 is 10.6 Å². The standard InChI is InChI=1S/C30H24N2O2/c33-29(21-11-23-7-3-1-4-8-23)31-27-17-13-25(14-18-27)26-15-19-28(20-16-26)32-30(34)22-12-24-9-5-2-6-10-24/h1-22H,(H,31,33)(H,32,34)/b21-11+,22-12+. The van der Waals surface area contributed by atoms with E-state index >= 15 is 0 Å². The Labute approximate surface area is 199 Å². The average molecular weight is 445 g/mol. The van der Waals surface area contributed by atoms with Crippen LogP contribution in [0.4, 0.5) is 11.4 Å². The van der Waals surface area contributed by atoms with E-state index in [-0.39, 0.29) is 11.8 Å². The van der Waals surface area contributed by atoms with Crippen LogP contribution in [0.25, 0.3) is 23.3 Å². The minimum Gasteiger partial charge on any atom is -0.323 e. The minimum atomic E-state index is -0.182. The molecule has 4 nitrogen and oxygen atoms in total. The Morgan fingerprint density at radius 2 is 0.824 bits per heavy atom. The van der Waals surface area contributed by atoms with Crippen molar-refractivity contribution >= 4 is 35.3 Å². The van der Waals surface area contributed by atoms with E-state index < -0.39 is 0 Å². The van der Waals surface area contributed by atoms with Crippen molar-refractivity contribution in [3.05, 3.63) is 132 Å². The van der Waals surface area contributed by atoms with Gasteiger partial charge in [0.05, 0.1) is 0 Å². The van der Waals surface area contributed by atoms with Crippen molar-refractivity contribution in [3.63, 3.8) is 0 Å². The van der Waals surface area contributed by atoms with Crippen LogP contribution in [0, 0.1) is 0 Å². The summed E-state index contributed by atoms with van der Waals surface area (Å²) in [4.78, 5) is 24.3. The molecule has 4 heteroatoms. The molecule has 0 aliphatic heterocycles. The van der Waals surface area contributed by atoms with Gasteiger partial charge in [-0.25, -0.2) is 0 Å². The zero-order valence-electron chi connectivity index (χ0n) is 18.5. The fourth-order valence-electron chi connectivity index (χ4n) is 3.33. The quantitative estimate of drug-likeness (QED) is 0.313. The van der Waals surface area contributed by atoms with Gasteiger partial charge in [-0.05, 0) is 58.7 Å². The largest absolute Gasteiger partial charge is 0.323 e. The number of hydrogen-bond acceptors (Lipinski definition) is 2. The smallest absolute Gasteiger partial charge is 0.248 e. The molecule has 0 fully saturated rings. The SMILES string of the molecule is O=C(/C=C/c1ccccc1)Nc1ccc(-c2ccc(NC(=O)/C=C/c3ccccc3)cc2)cc1. The first kappa shape index (κ1) is 22.5. The van der Waals surface area contributed by atoms with Gasteiger partial charge in [0.2, 0.25) is 11.8 Å². The molecule has 2 amide bonds. The van der Waals surface area contributed by atoms with Crippen LogP contribution in [0.2, 0.25) is 0 Å². The molecule has 0 aliphatic carbocycles. The highest BCUT2D eigenvalue weighted by atomic mass is 16.2. The summed E-state index contributed by atoms with van der Waals surface area (Å²) in [7, 11) is 0. The molecule has 0 radical (unpaired) electrons. The number of carbonyl (C=O) groups is 2. The van der Waals surface area contributed by atoms with Crippen LogP contribution >= 0.6 is 0 Å². The Kier molecular flexibility index (Phi) is 7.44. The maximum absolute atomic E-state index is 12.2. The van der Waals surface area contributed by atoms with E-state index in [1.54, 1.807) is 12.2 Å². The first-order chi connectivity index (χ1) is 16.7. The molecule has 2 N–H and O–H groups in total. The lowest BCUT2D eigenvalue weighted by Crippen LogP contribution is -2.07. The highest BCUT2D eigenvalue weighted by Gasteiger charge is 2.03. The number of anilines is 2. The van der Waals surface area contributed by atoms with Crippen molar-refractivity contribution in [2.24, 2.45) is 0 Å². The van der Waals surface area contributed by atoms with E-state index in [9.17, 15) is 9.59 Å². The van der Waals surface area contributed by atoms with Gasteiger partial charge in [-0.1, -0.05) is 84.9 Å². The minimum absolute atomic E-state index is 0.182. The van der Waals surface area contributed by atoms with Gasteiger partial charge in [0, 0.05) is 23.5 Å². The predicted molar refractivity (Wildman–Crippen MR) is 140 cm³/mol. The van der Waals surface area contributed by atoms with E-state index in [2.05, 4.69) is 10.6 Å². The molecule has 0 saturated heterocycles. The number of rotatable bonds is 7. The van der Waals surface area contributed by atoms with Crippen LogP contribution in [-0.4, -0.2) is 11.8 Å². The number of amides is 2. The Hall–Kier alpha value is -4.70. The van der Waals surface area contributed by atoms with Crippen LogP contribution in [-0.2, 0) is 9.59 Å². The van der Waals surface area contributed by atoms with Gasteiger partial charge in [0.1, 0.15) is 0 Å². The zero-order chi connectivity index (χ0) is 23.6. The first-order valence-corrected chi connectivity index (χ1v) is 10.9. The third-order valence-corrected chi connectivity index (χ3v) is 5.09. The number of benzene rings is 4. The van der Waals surface area contributed by atoms with Crippen LogP contribution in [0.3, 0.4) is 0 Å². The number of nitrogens with one attached hydrogen (secondary N) is 2. The fraction of sp³-hybridized carbons (Fsp3) is 0. The monoisotopic (exact) mass is 444 g/mol. The molecule has 0 heterocycles. The van der Waals surface area contributed by atoms with Gasteiger partial charge >= 0.3 is 0 Å². The van der Waals surface area contributed by atoms with E-state index in [4.69, 9.17) is 0 Å². The third kappa shape index (κ3) is 6.65. The van der Waals surface area contributed by atoms with Gasteiger partial charge in [-0.3, -0.25) is 9.59 Å². The van der Waals surface area contributed by atoms with E-state index in [1.165, 1.54) is 12.2 Å². The van der Waals surface area contributed by atoms with Gasteiger partial charge in [0.25, 0.3) is 0 Å². The van der Waals surface area contributed by atoms with Crippen LogP contribution < -0.4 is 10.6 Å². The second-order valence-corrected chi connectivity index (χ2v) is 7.62. The molecule has 0 aliphatic rings. The summed E-state index contributed by atoms with van der Waals surface area (Å²) in [6, 6.07) is 34.6. The summed E-state index contributed by atoms with van der Waals surface area (Å²) in [5, 5.41) is 5.73. The lowest BCUT2D eigenvalue weighted by atomic mass is 10.0. The van der Waals surface area contributed by atoms with Crippen molar-refractivity contribution in [1.82, 2.24) is 0 Å². The summed E-state index contributed by atoms with van der Waals surface area (Å²) >= 11 is 0. The molecule has 4 aromatic carbocycles. The molecule has 0 unspecified atom stereocenters. The Balaban J connectivity index is 1.32. The third-order valence-electron chi connectivity index (χ3n) is 5.09. The molecule has 4 rings (SSSR count). The summed E-state index contributed by atoms with van der Waals surface area (Å²) in [5.41, 5.74) is 5.42. The van der Waals surface area contributed by atoms with E-state index in [0.29, 0.717) is 0 Å². The summed E-state index contributed by atoms with van der Waals surface area (Å²) in [6.07, 6.45) is 6.60. The van der Waals surface area contributed by atoms with Gasteiger partial charge in [-0.2, -0.15) is 0 Å². The maximum atomic E-state index is 12.2. The summed E-state index contributed by atoms with van der Waals surface area (Å²) in [5.74, 6) is -0.365. The first-order valence-electron chi connectivity index (χ1n) is 10.9. The normalized spacial score (nSPS) is 10.9. The average Bonchev–Trinajstić information content (AvgIpc) is 2.88. The second-order valence-electron chi connectivity index (χ2n) is 7.62. The zero-order valence-corrected chi connectivity index (χ0v) is 18.5. The molecule has 0 bridgehead atoms. The molecular formula is C30H24N2O2. The predicted octanol–water partition coefficient (Wildman–Crippen LogP) is 6.66. The van der Waals surface area contributed by atoms with E-state index in [0.717, 1.165) is 33.6 Å². The second kappa shape index (κ2) is 11.2. The van der Waals surface area contributed by atoms with Crippen LogP contribution in [0.5, 0.6) is 0 Å². The molecule has 166 valence electrons. The molecule has 0 spiro atoms. The Bertz CT molecular complexity index is 1190. The van der Waals surface area contributed by atoms with Crippen molar-refractivity contribution < 1.29 is 9.59 Å². The highest BCUT2D eigenvalue weighted by Crippen LogP contribution is 2.23. The van der Waals surface area contributed by atoms with E-state index in [1.807, 2.05) is 109 Å². The molecule has 0 saturated carbocycles. The van der Waals surface area contributed by atoms with Gasteiger partial charge in [-0.15, -0.1) is 0 Å².